The molecule has 0 radical (unpaired) electrons. The lowest BCUT2D eigenvalue weighted by Crippen LogP contribution is -2.30. The van der Waals surface area contributed by atoms with E-state index in [0.717, 1.165) is 11.3 Å². The summed E-state index contributed by atoms with van der Waals surface area (Å²) < 4.78 is 0. The first-order valence-electron chi connectivity index (χ1n) is 4.93. The van der Waals surface area contributed by atoms with Gasteiger partial charge >= 0.3 is 0 Å². The summed E-state index contributed by atoms with van der Waals surface area (Å²) in [7, 11) is 0. The zero-order valence-corrected chi connectivity index (χ0v) is 8.78. The van der Waals surface area contributed by atoms with Crippen molar-refractivity contribution < 1.29 is 0 Å². The Morgan fingerprint density at radius 2 is 1.94 bits per heavy atom. The fourth-order valence-electron chi connectivity index (χ4n) is 1.72. The molecule has 0 bridgehead atoms. The third-order valence-corrected chi connectivity index (χ3v) is 2.52. The van der Waals surface area contributed by atoms with Crippen molar-refractivity contribution in [1.82, 2.24) is 5.32 Å². The third kappa shape index (κ3) is 1.57. The summed E-state index contributed by atoms with van der Waals surface area (Å²) in [5.41, 5.74) is 2.13. The van der Waals surface area contributed by atoms with Crippen LogP contribution in [0.2, 0.25) is 0 Å². The fourth-order valence-corrected chi connectivity index (χ4v) is 1.72. The van der Waals surface area contributed by atoms with Crippen molar-refractivity contribution in [1.29, 1.82) is 10.5 Å². The summed E-state index contributed by atoms with van der Waals surface area (Å²) >= 11 is 0. The smallest absolute Gasteiger partial charge is 0.169 e. The predicted molar refractivity (Wildman–Crippen MR) is 59.9 cm³/mol. The van der Waals surface area contributed by atoms with Crippen LogP contribution in [-0.4, -0.2) is 0 Å². The Morgan fingerprint density at radius 1 is 1.25 bits per heavy atom. The molecular weight excluding hydrogens is 200 g/mol. The van der Waals surface area contributed by atoms with Gasteiger partial charge in [0.05, 0.1) is 6.04 Å². The molecule has 1 aliphatic rings. The quantitative estimate of drug-likeness (QED) is 0.642. The number of nitriles is 2. The summed E-state index contributed by atoms with van der Waals surface area (Å²) in [5.74, 6) is 0.483. The van der Waals surface area contributed by atoms with Crippen molar-refractivity contribution >= 4 is 5.69 Å². The van der Waals surface area contributed by atoms with Gasteiger partial charge in [-0.05, 0) is 18.6 Å². The van der Waals surface area contributed by atoms with Gasteiger partial charge < -0.3 is 10.6 Å². The van der Waals surface area contributed by atoms with Crippen LogP contribution >= 0.6 is 0 Å². The zero-order chi connectivity index (χ0) is 11.5. The number of benzene rings is 1. The molecule has 0 spiro atoms. The van der Waals surface area contributed by atoms with Gasteiger partial charge in [-0.25, -0.2) is 0 Å². The second kappa shape index (κ2) is 3.96. The lowest BCUT2D eigenvalue weighted by molar-refractivity contribution is 0.639. The average Bonchev–Trinajstić information content (AvgIpc) is 2.31. The molecule has 2 N–H and O–H groups in total. The van der Waals surface area contributed by atoms with Gasteiger partial charge in [0.15, 0.2) is 5.57 Å². The van der Waals surface area contributed by atoms with Gasteiger partial charge in [-0.2, -0.15) is 10.5 Å². The van der Waals surface area contributed by atoms with Gasteiger partial charge in [-0.15, -0.1) is 0 Å². The van der Waals surface area contributed by atoms with Crippen LogP contribution in [0, 0.1) is 22.7 Å². The van der Waals surface area contributed by atoms with Gasteiger partial charge in [0.2, 0.25) is 0 Å². The van der Waals surface area contributed by atoms with E-state index in [1.807, 2.05) is 43.3 Å². The molecule has 0 saturated heterocycles. The molecule has 0 aliphatic carbocycles. The van der Waals surface area contributed by atoms with Crippen molar-refractivity contribution in [2.45, 2.75) is 13.0 Å². The van der Waals surface area contributed by atoms with E-state index >= 15 is 0 Å². The van der Waals surface area contributed by atoms with Gasteiger partial charge in [-0.3, -0.25) is 0 Å². The van der Waals surface area contributed by atoms with Crippen LogP contribution in [0.1, 0.15) is 18.5 Å². The third-order valence-electron chi connectivity index (χ3n) is 2.52. The van der Waals surface area contributed by atoms with E-state index in [1.165, 1.54) is 0 Å². The first-order chi connectivity index (χ1) is 7.76. The average molecular weight is 210 g/mol. The van der Waals surface area contributed by atoms with Crippen molar-refractivity contribution in [3.8, 4) is 12.1 Å². The maximum Gasteiger partial charge on any atom is 0.169 e. The Morgan fingerprint density at radius 3 is 2.62 bits per heavy atom. The van der Waals surface area contributed by atoms with Crippen molar-refractivity contribution in [3.63, 3.8) is 0 Å². The van der Waals surface area contributed by atoms with Crippen molar-refractivity contribution in [2.24, 2.45) is 0 Å². The number of nitrogens with one attached hydrogen (secondary N) is 2. The number of fused-ring (bicyclic) bond motifs is 1. The van der Waals surface area contributed by atoms with E-state index in [2.05, 4.69) is 10.6 Å². The Kier molecular flexibility index (Phi) is 2.49. The van der Waals surface area contributed by atoms with E-state index in [1.54, 1.807) is 0 Å². The number of nitrogens with zero attached hydrogens (tertiary/aromatic N) is 2. The van der Waals surface area contributed by atoms with Crippen molar-refractivity contribution in [2.75, 3.05) is 5.32 Å². The molecule has 16 heavy (non-hydrogen) atoms. The Hall–Kier alpha value is -2.46. The second-order valence-electron chi connectivity index (χ2n) is 3.55. The lowest BCUT2D eigenvalue weighted by Gasteiger charge is -2.28. The van der Waals surface area contributed by atoms with Crippen LogP contribution in [-0.2, 0) is 0 Å². The maximum atomic E-state index is 8.80. The second-order valence-corrected chi connectivity index (χ2v) is 3.55. The molecular formula is C12H10N4. The van der Waals surface area contributed by atoms with Crippen LogP contribution in [0.25, 0.3) is 0 Å². The van der Waals surface area contributed by atoms with E-state index in [-0.39, 0.29) is 11.6 Å². The highest BCUT2D eigenvalue weighted by molar-refractivity contribution is 5.61. The van der Waals surface area contributed by atoms with Crippen LogP contribution in [0.5, 0.6) is 0 Å². The molecule has 4 heteroatoms. The molecule has 2 rings (SSSR count). The number of para-hydroxylation sites is 1. The van der Waals surface area contributed by atoms with E-state index in [0.29, 0.717) is 5.82 Å². The minimum atomic E-state index is 0.0707. The molecule has 0 amide bonds. The number of anilines is 1. The zero-order valence-electron chi connectivity index (χ0n) is 8.78. The summed E-state index contributed by atoms with van der Waals surface area (Å²) in [6.07, 6.45) is 0. The molecule has 0 aromatic heterocycles. The minimum Gasteiger partial charge on any atom is -0.363 e. The van der Waals surface area contributed by atoms with E-state index in [4.69, 9.17) is 10.5 Å². The molecule has 78 valence electrons. The van der Waals surface area contributed by atoms with Gasteiger partial charge in [-0.1, -0.05) is 18.2 Å². The number of rotatable bonds is 0. The lowest BCUT2D eigenvalue weighted by atomic mass is 10.0. The number of hydrogen-bond acceptors (Lipinski definition) is 4. The molecule has 4 nitrogen and oxygen atoms in total. The van der Waals surface area contributed by atoms with E-state index < -0.39 is 0 Å². The molecule has 1 atom stereocenters. The highest BCUT2D eigenvalue weighted by atomic mass is 15.1. The topological polar surface area (TPSA) is 71.6 Å². The highest BCUT2D eigenvalue weighted by Crippen LogP contribution is 2.29. The minimum absolute atomic E-state index is 0.0707. The van der Waals surface area contributed by atoms with Crippen LogP contribution in [0.4, 0.5) is 5.69 Å². The first-order valence-corrected chi connectivity index (χ1v) is 4.93. The standard InChI is InChI=1S/C12H10N4/c1-8-10-4-2-3-5-11(10)16-12(15-8)9(6-13)7-14/h2-5,8,15-16H,1H3. The summed E-state index contributed by atoms with van der Waals surface area (Å²) in [5, 5.41) is 23.8. The number of hydrogen-bond donors (Lipinski definition) is 2. The Bertz CT molecular complexity index is 515. The van der Waals surface area contributed by atoms with Crippen molar-refractivity contribution in [3.05, 3.63) is 41.2 Å². The first kappa shape index (κ1) is 10.1. The largest absolute Gasteiger partial charge is 0.363 e. The SMILES string of the molecule is CC1NC(=C(C#N)C#N)Nc2ccccc21. The molecule has 1 unspecified atom stereocenters. The fraction of sp³-hybridized carbons (Fsp3) is 0.167. The molecule has 1 heterocycles. The monoisotopic (exact) mass is 210 g/mol. The van der Waals surface area contributed by atoms with Gasteiger partial charge in [0.1, 0.15) is 18.0 Å². The van der Waals surface area contributed by atoms with Crippen LogP contribution in [0.15, 0.2) is 35.7 Å². The van der Waals surface area contributed by atoms with Gasteiger partial charge in [0, 0.05) is 5.69 Å². The van der Waals surface area contributed by atoms with Crippen LogP contribution < -0.4 is 10.6 Å². The Labute approximate surface area is 93.8 Å². The maximum absolute atomic E-state index is 8.80. The molecule has 1 aromatic carbocycles. The normalized spacial score (nSPS) is 17.2. The molecule has 1 aliphatic heterocycles. The number of allylic oxidation sites excluding steroid dienone is 1. The summed E-state index contributed by atoms with van der Waals surface area (Å²) in [6, 6.07) is 11.6. The van der Waals surface area contributed by atoms with E-state index in [9.17, 15) is 0 Å². The summed E-state index contributed by atoms with van der Waals surface area (Å²) in [6.45, 7) is 1.99. The summed E-state index contributed by atoms with van der Waals surface area (Å²) in [4.78, 5) is 0. The van der Waals surface area contributed by atoms with Gasteiger partial charge in [0.25, 0.3) is 0 Å². The Balaban J connectivity index is 2.47. The molecule has 0 fully saturated rings. The van der Waals surface area contributed by atoms with Crippen LogP contribution in [0.3, 0.4) is 0 Å². The highest BCUT2D eigenvalue weighted by Gasteiger charge is 2.20. The molecule has 1 aromatic rings. The molecule has 0 saturated carbocycles. The predicted octanol–water partition coefficient (Wildman–Crippen LogP) is 2.02.